The van der Waals surface area contributed by atoms with Crippen LogP contribution in [0.3, 0.4) is 0 Å². The fourth-order valence-electron chi connectivity index (χ4n) is 3.28. The van der Waals surface area contributed by atoms with Gasteiger partial charge in [-0.3, -0.25) is 5.43 Å². The van der Waals surface area contributed by atoms with Crippen molar-refractivity contribution < 1.29 is 16.8 Å². The third-order valence-electron chi connectivity index (χ3n) is 4.89. The van der Waals surface area contributed by atoms with Crippen molar-refractivity contribution >= 4 is 42.7 Å². The van der Waals surface area contributed by atoms with Crippen LogP contribution in [0.2, 0.25) is 0 Å². The number of nitrogens with two attached hydrogens (primary N) is 1. The van der Waals surface area contributed by atoms with Gasteiger partial charge in [-0.25, -0.2) is 22.0 Å². The minimum Gasteiger partial charge on any atom is -0.354 e. The Morgan fingerprint density at radius 1 is 0.875 bits per heavy atom. The molecule has 164 valence electrons. The first kappa shape index (κ1) is 21.8. The highest BCUT2D eigenvalue weighted by atomic mass is 32.2. The first-order chi connectivity index (χ1) is 15.1. The number of hydrogen-bond acceptors (Lipinski definition) is 6. The van der Waals surface area contributed by atoms with Crippen molar-refractivity contribution in [2.45, 2.75) is 9.79 Å². The van der Waals surface area contributed by atoms with Gasteiger partial charge in [-0.15, -0.1) is 0 Å². The van der Waals surface area contributed by atoms with E-state index >= 15 is 0 Å². The number of nitrogens with one attached hydrogen (secondary N) is 2. The third kappa shape index (κ3) is 4.57. The summed E-state index contributed by atoms with van der Waals surface area (Å²) in [6.45, 7) is 0. The standard InChI is InChI=1S/C22H20N4O4S2/c1-31(27,28)17-10-6-15(7-11-17)22-20(19-4-2-3-5-21(19)25-22)14-24-26-16-8-12-18(13-9-16)32(23,29)30/h2-14,25-26H,1H3,(H2,23,29,30). The summed E-state index contributed by atoms with van der Waals surface area (Å²) < 4.78 is 46.3. The predicted octanol–water partition coefficient (Wildman–Crippen LogP) is 3.33. The molecule has 3 aromatic carbocycles. The van der Waals surface area contributed by atoms with Crippen LogP contribution in [0.25, 0.3) is 22.2 Å². The molecule has 0 aliphatic heterocycles. The van der Waals surface area contributed by atoms with Crippen molar-refractivity contribution in [2.75, 3.05) is 11.7 Å². The molecule has 0 fully saturated rings. The summed E-state index contributed by atoms with van der Waals surface area (Å²) in [6.07, 6.45) is 2.83. The highest BCUT2D eigenvalue weighted by Gasteiger charge is 2.13. The number of anilines is 1. The summed E-state index contributed by atoms with van der Waals surface area (Å²) in [6, 6.07) is 20.3. The third-order valence-corrected chi connectivity index (χ3v) is 6.95. The summed E-state index contributed by atoms with van der Waals surface area (Å²) in [5, 5.41) is 10.4. The van der Waals surface area contributed by atoms with Crippen LogP contribution < -0.4 is 10.6 Å². The Labute approximate surface area is 185 Å². The second-order valence-electron chi connectivity index (χ2n) is 7.20. The number of para-hydroxylation sites is 1. The molecular formula is C22H20N4O4S2. The van der Waals surface area contributed by atoms with E-state index in [1.807, 2.05) is 24.3 Å². The Kier molecular flexibility index (Phi) is 5.59. The minimum atomic E-state index is -3.76. The van der Waals surface area contributed by atoms with Crippen LogP contribution >= 0.6 is 0 Å². The van der Waals surface area contributed by atoms with Crippen molar-refractivity contribution in [2.24, 2.45) is 10.2 Å². The molecule has 0 saturated heterocycles. The van der Waals surface area contributed by atoms with Gasteiger partial charge in [-0.05, 0) is 48.0 Å². The van der Waals surface area contributed by atoms with Gasteiger partial charge in [0.2, 0.25) is 10.0 Å². The van der Waals surface area contributed by atoms with Gasteiger partial charge in [-0.2, -0.15) is 5.10 Å². The number of H-pyrrole nitrogens is 1. The number of nitrogens with zero attached hydrogens (tertiary/aromatic N) is 1. The molecular weight excluding hydrogens is 448 g/mol. The number of benzene rings is 3. The predicted molar refractivity (Wildman–Crippen MR) is 126 cm³/mol. The van der Waals surface area contributed by atoms with Crippen LogP contribution in [0.4, 0.5) is 5.69 Å². The monoisotopic (exact) mass is 468 g/mol. The number of aromatic nitrogens is 1. The first-order valence-electron chi connectivity index (χ1n) is 9.46. The van der Waals surface area contributed by atoms with Crippen molar-refractivity contribution in [3.8, 4) is 11.3 Å². The Morgan fingerprint density at radius 3 is 2.12 bits per heavy atom. The van der Waals surface area contributed by atoms with Gasteiger partial charge in [0, 0.05) is 22.7 Å². The topological polar surface area (TPSA) is 134 Å². The average molecular weight is 469 g/mol. The lowest BCUT2D eigenvalue weighted by Crippen LogP contribution is -2.11. The van der Waals surface area contributed by atoms with E-state index in [4.69, 9.17) is 5.14 Å². The molecule has 0 amide bonds. The lowest BCUT2D eigenvalue weighted by molar-refractivity contribution is 0.597. The molecule has 4 aromatic rings. The zero-order valence-corrected chi connectivity index (χ0v) is 18.6. The molecule has 0 aliphatic carbocycles. The molecule has 10 heteroatoms. The lowest BCUT2D eigenvalue weighted by Gasteiger charge is -2.04. The van der Waals surface area contributed by atoms with Gasteiger partial charge < -0.3 is 4.98 Å². The van der Waals surface area contributed by atoms with Crippen molar-refractivity contribution in [1.29, 1.82) is 0 Å². The summed E-state index contributed by atoms with van der Waals surface area (Å²) in [7, 11) is -7.04. The fraction of sp³-hybridized carbons (Fsp3) is 0.0455. The molecule has 4 rings (SSSR count). The Hall–Kier alpha value is -3.47. The second kappa shape index (κ2) is 8.23. The van der Waals surface area contributed by atoms with E-state index in [2.05, 4.69) is 15.5 Å². The van der Waals surface area contributed by atoms with E-state index < -0.39 is 19.9 Å². The van der Waals surface area contributed by atoms with E-state index in [-0.39, 0.29) is 9.79 Å². The van der Waals surface area contributed by atoms with E-state index in [1.165, 1.54) is 18.4 Å². The normalized spacial score (nSPS) is 12.4. The van der Waals surface area contributed by atoms with Crippen molar-refractivity contribution in [3.05, 3.63) is 78.4 Å². The van der Waals surface area contributed by atoms with Gasteiger partial charge in [0.25, 0.3) is 0 Å². The van der Waals surface area contributed by atoms with E-state index in [0.717, 1.165) is 27.7 Å². The maximum Gasteiger partial charge on any atom is 0.238 e. The quantitative estimate of drug-likeness (QED) is 0.295. The van der Waals surface area contributed by atoms with Gasteiger partial charge in [0.05, 0.1) is 27.4 Å². The van der Waals surface area contributed by atoms with Crippen LogP contribution in [0, 0.1) is 0 Å². The Morgan fingerprint density at radius 2 is 1.50 bits per heavy atom. The van der Waals surface area contributed by atoms with Crippen LogP contribution in [0.15, 0.2) is 87.7 Å². The van der Waals surface area contributed by atoms with Crippen LogP contribution in [0.1, 0.15) is 5.56 Å². The first-order valence-corrected chi connectivity index (χ1v) is 12.9. The molecule has 32 heavy (non-hydrogen) atoms. The van der Waals surface area contributed by atoms with Gasteiger partial charge in [0.1, 0.15) is 0 Å². The lowest BCUT2D eigenvalue weighted by atomic mass is 10.1. The summed E-state index contributed by atoms with van der Waals surface area (Å²) >= 11 is 0. The van der Waals surface area contributed by atoms with Crippen LogP contribution in [-0.2, 0) is 19.9 Å². The smallest absolute Gasteiger partial charge is 0.238 e. The number of fused-ring (bicyclic) bond motifs is 1. The summed E-state index contributed by atoms with van der Waals surface area (Å²) in [5.74, 6) is 0. The van der Waals surface area contributed by atoms with Gasteiger partial charge in [0.15, 0.2) is 9.84 Å². The Bertz CT molecular complexity index is 1520. The maximum atomic E-state index is 11.8. The number of sulfone groups is 1. The molecule has 0 radical (unpaired) electrons. The molecule has 8 nitrogen and oxygen atoms in total. The molecule has 0 atom stereocenters. The van der Waals surface area contributed by atoms with Gasteiger partial charge >= 0.3 is 0 Å². The number of hydrogen-bond donors (Lipinski definition) is 3. The van der Waals surface area contributed by atoms with Crippen LogP contribution in [0.5, 0.6) is 0 Å². The molecule has 0 unspecified atom stereocenters. The number of sulfonamides is 1. The highest BCUT2D eigenvalue weighted by Crippen LogP contribution is 2.30. The number of rotatable bonds is 6. The molecule has 0 saturated carbocycles. The van der Waals surface area contributed by atoms with E-state index in [9.17, 15) is 16.8 Å². The molecule has 0 spiro atoms. The average Bonchev–Trinajstić information content (AvgIpc) is 3.12. The molecule has 0 bridgehead atoms. The van der Waals surface area contributed by atoms with E-state index in [1.54, 1.807) is 42.6 Å². The molecule has 4 N–H and O–H groups in total. The van der Waals surface area contributed by atoms with Gasteiger partial charge in [-0.1, -0.05) is 30.3 Å². The Balaban J connectivity index is 1.67. The highest BCUT2D eigenvalue weighted by molar-refractivity contribution is 7.90. The number of hydrazone groups is 1. The van der Waals surface area contributed by atoms with Crippen molar-refractivity contribution in [3.63, 3.8) is 0 Å². The van der Waals surface area contributed by atoms with E-state index in [0.29, 0.717) is 5.69 Å². The molecule has 1 heterocycles. The SMILES string of the molecule is CS(=O)(=O)c1ccc(-c2[nH]c3ccccc3c2C=NNc2ccc(S(N)(=O)=O)cc2)cc1. The largest absolute Gasteiger partial charge is 0.354 e. The molecule has 0 aliphatic rings. The second-order valence-corrected chi connectivity index (χ2v) is 10.8. The number of aromatic amines is 1. The zero-order chi connectivity index (χ0) is 22.9. The fourth-order valence-corrected chi connectivity index (χ4v) is 4.43. The number of primary sulfonamides is 1. The minimum absolute atomic E-state index is 0.0171. The summed E-state index contributed by atoms with van der Waals surface area (Å²) in [4.78, 5) is 3.63. The van der Waals surface area contributed by atoms with Crippen molar-refractivity contribution in [1.82, 2.24) is 4.98 Å². The molecule has 1 aromatic heterocycles. The maximum absolute atomic E-state index is 11.8. The summed E-state index contributed by atoms with van der Waals surface area (Å²) in [5.41, 5.74) is 6.80. The van der Waals surface area contributed by atoms with Crippen LogP contribution in [-0.4, -0.2) is 34.3 Å². The zero-order valence-electron chi connectivity index (χ0n) is 17.0.